The molecule has 0 saturated heterocycles. The van der Waals surface area contributed by atoms with Gasteiger partial charge in [0.15, 0.2) is 0 Å². The Morgan fingerprint density at radius 2 is 1.73 bits per heavy atom. The molecular formula is C20H26N2O2S2. The van der Waals surface area contributed by atoms with Crippen LogP contribution < -0.4 is 10.0 Å². The predicted octanol–water partition coefficient (Wildman–Crippen LogP) is 5.81. The number of thiophene rings is 1. The lowest BCUT2D eigenvalue weighted by Gasteiger charge is -2.20. The van der Waals surface area contributed by atoms with Crippen molar-refractivity contribution in [2.24, 2.45) is 0 Å². The smallest absolute Gasteiger partial charge is 0.329 e. The highest BCUT2D eigenvalue weighted by Gasteiger charge is 2.43. The number of rotatable bonds is 6. The van der Waals surface area contributed by atoms with Gasteiger partial charge < -0.3 is 10.4 Å². The summed E-state index contributed by atoms with van der Waals surface area (Å²) in [4.78, 5) is 13.4. The first-order chi connectivity index (χ1) is 12.3. The van der Waals surface area contributed by atoms with E-state index < -0.39 is 5.60 Å². The zero-order valence-corrected chi connectivity index (χ0v) is 17.3. The second-order valence-corrected chi connectivity index (χ2v) is 9.62. The number of carbonyl (C=O) groups is 1. The molecule has 1 aliphatic carbocycles. The molecule has 0 atom stereocenters. The van der Waals surface area contributed by atoms with Crippen LogP contribution in [0.25, 0.3) is 0 Å². The van der Waals surface area contributed by atoms with Crippen molar-refractivity contribution in [3.8, 4) is 0 Å². The van der Waals surface area contributed by atoms with Gasteiger partial charge in [-0.1, -0.05) is 45.9 Å². The Labute approximate surface area is 163 Å². The molecule has 26 heavy (non-hydrogen) atoms. The Balaban J connectivity index is 1.67. The SMILES string of the molecule is CC(C)c1cccc(C(C)C)c1NC(=O)NSc1ccc(C2(O)CC2)s1. The summed E-state index contributed by atoms with van der Waals surface area (Å²) in [6.45, 7) is 8.53. The van der Waals surface area contributed by atoms with Crippen LogP contribution in [-0.4, -0.2) is 11.1 Å². The first-order valence-corrected chi connectivity index (χ1v) is 10.6. The van der Waals surface area contributed by atoms with E-state index in [4.69, 9.17) is 0 Å². The second-order valence-electron chi connectivity index (χ2n) is 7.43. The van der Waals surface area contributed by atoms with Crippen LogP contribution in [0.2, 0.25) is 0 Å². The van der Waals surface area contributed by atoms with Crippen LogP contribution in [0, 0.1) is 0 Å². The van der Waals surface area contributed by atoms with E-state index in [1.54, 1.807) is 0 Å². The van der Waals surface area contributed by atoms with E-state index in [9.17, 15) is 9.90 Å². The lowest BCUT2D eigenvalue weighted by atomic mass is 9.93. The van der Waals surface area contributed by atoms with E-state index in [-0.39, 0.29) is 6.03 Å². The largest absolute Gasteiger partial charge is 0.384 e. The number of urea groups is 1. The van der Waals surface area contributed by atoms with Crippen molar-refractivity contribution in [2.45, 2.75) is 62.2 Å². The number of amides is 2. The highest BCUT2D eigenvalue weighted by Crippen LogP contribution is 2.48. The summed E-state index contributed by atoms with van der Waals surface area (Å²) in [6, 6.07) is 9.86. The molecule has 2 aromatic rings. The number of hydrogen-bond donors (Lipinski definition) is 3. The van der Waals surface area contributed by atoms with Crippen LogP contribution in [0.1, 0.15) is 68.4 Å². The van der Waals surface area contributed by atoms with Gasteiger partial charge in [0, 0.05) is 10.6 Å². The average molecular weight is 391 g/mol. The molecule has 3 rings (SSSR count). The van der Waals surface area contributed by atoms with Crippen molar-refractivity contribution in [3.05, 3.63) is 46.3 Å². The van der Waals surface area contributed by atoms with Crippen LogP contribution in [0.5, 0.6) is 0 Å². The first-order valence-electron chi connectivity index (χ1n) is 8.99. The van der Waals surface area contributed by atoms with Crippen molar-refractivity contribution >= 4 is 35.0 Å². The van der Waals surface area contributed by atoms with E-state index in [0.717, 1.165) is 38.7 Å². The molecule has 1 heterocycles. The molecule has 2 amide bonds. The molecule has 1 fully saturated rings. The Morgan fingerprint density at radius 3 is 2.27 bits per heavy atom. The number of anilines is 1. The van der Waals surface area contributed by atoms with Crippen LogP contribution in [-0.2, 0) is 5.60 Å². The normalized spacial score (nSPS) is 15.3. The minimum atomic E-state index is -0.617. The van der Waals surface area contributed by atoms with E-state index in [0.29, 0.717) is 11.8 Å². The van der Waals surface area contributed by atoms with E-state index >= 15 is 0 Å². The van der Waals surface area contributed by atoms with Crippen LogP contribution >= 0.6 is 23.3 Å². The molecule has 4 nitrogen and oxygen atoms in total. The fraction of sp³-hybridized carbons (Fsp3) is 0.450. The van der Waals surface area contributed by atoms with Gasteiger partial charge in [-0.25, -0.2) is 4.79 Å². The molecule has 140 valence electrons. The Hall–Kier alpha value is -1.50. The summed E-state index contributed by atoms with van der Waals surface area (Å²) in [7, 11) is 0. The molecule has 0 aliphatic heterocycles. The molecule has 1 aromatic carbocycles. The van der Waals surface area contributed by atoms with Gasteiger partial charge in [-0.15, -0.1) is 11.3 Å². The summed E-state index contributed by atoms with van der Waals surface area (Å²) in [5.41, 5.74) is 2.58. The fourth-order valence-electron chi connectivity index (χ4n) is 2.92. The standard InChI is InChI=1S/C20H26N2O2S2/c1-12(2)14-6-5-7-15(13(3)4)18(14)21-19(23)22-26-17-9-8-16(25-17)20(24)10-11-20/h5-9,12-13,24H,10-11H2,1-4H3,(H2,21,22,23). The van der Waals surface area contributed by atoms with Gasteiger partial charge in [-0.3, -0.25) is 4.72 Å². The van der Waals surface area contributed by atoms with Gasteiger partial charge in [0.2, 0.25) is 0 Å². The van der Waals surface area contributed by atoms with Gasteiger partial charge >= 0.3 is 6.03 Å². The van der Waals surface area contributed by atoms with Crippen LogP contribution in [0.15, 0.2) is 34.5 Å². The zero-order chi connectivity index (χ0) is 18.9. The third-order valence-electron chi connectivity index (χ3n) is 4.62. The van der Waals surface area contributed by atoms with Gasteiger partial charge in [0.25, 0.3) is 0 Å². The Kier molecular flexibility index (Phi) is 5.65. The average Bonchev–Trinajstić information content (AvgIpc) is 3.16. The lowest BCUT2D eigenvalue weighted by Crippen LogP contribution is -2.24. The molecule has 1 aliphatic rings. The maximum atomic E-state index is 12.5. The number of para-hydroxylation sites is 1. The minimum Gasteiger partial charge on any atom is -0.384 e. The van der Waals surface area contributed by atoms with Crippen LogP contribution in [0.3, 0.4) is 0 Å². The lowest BCUT2D eigenvalue weighted by molar-refractivity contribution is 0.155. The number of hydrogen-bond acceptors (Lipinski definition) is 4. The molecule has 1 saturated carbocycles. The van der Waals surface area contributed by atoms with Gasteiger partial charge in [-0.05, 0) is 59.9 Å². The molecule has 0 unspecified atom stereocenters. The minimum absolute atomic E-state index is 0.231. The van der Waals surface area contributed by atoms with Gasteiger partial charge in [-0.2, -0.15) is 0 Å². The summed E-state index contributed by atoms with van der Waals surface area (Å²) in [5.74, 6) is 0.659. The van der Waals surface area contributed by atoms with E-state index in [1.807, 2.05) is 12.1 Å². The van der Waals surface area contributed by atoms with Crippen LogP contribution in [0.4, 0.5) is 10.5 Å². The predicted molar refractivity (Wildman–Crippen MR) is 110 cm³/mol. The second kappa shape index (κ2) is 7.62. The summed E-state index contributed by atoms with van der Waals surface area (Å²) < 4.78 is 3.83. The van der Waals surface area contributed by atoms with E-state index in [1.165, 1.54) is 23.3 Å². The van der Waals surface area contributed by atoms with Crippen molar-refractivity contribution < 1.29 is 9.90 Å². The molecule has 3 N–H and O–H groups in total. The maximum absolute atomic E-state index is 12.5. The summed E-state index contributed by atoms with van der Waals surface area (Å²) in [6.07, 6.45) is 1.66. The zero-order valence-electron chi connectivity index (χ0n) is 15.6. The molecule has 6 heteroatoms. The topological polar surface area (TPSA) is 61.4 Å². The fourth-order valence-corrected chi connectivity index (χ4v) is 4.75. The van der Waals surface area contributed by atoms with Gasteiger partial charge in [0.1, 0.15) is 0 Å². The summed E-state index contributed by atoms with van der Waals surface area (Å²) >= 11 is 2.82. The third-order valence-corrected chi connectivity index (χ3v) is 6.82. The van der Waals surface area contributed by atoms with Gasteiger partial charge in [0.05, 0.1) is 9.81 Å². The number of benzene rings is 1. The first kappa shape index (κ1) is 19.3. The quantitative estimate of drug-likeness (QED) is 0.546. The number of aliphatic hydroxyl groups is 1. The molecule has 1 aromatic heterocycles. The molecule has 0 bridgehead atoms. The highest BCUT2D eigenvalue weighted by atomic mass is 32.2. The monoisotopic (exact) mass is 390 g/mol. The Morgan fingerprint density at radius 1 is 1.12 bits per heavy atom. The van der Waals surface area contributed by atoms with Crippen molar-refractivity contribution in [1.29, 1.82) is 0 Å². The Bertz CT molecular complexity index is 769. The highest BCUT2D eigenvalue weighted by molar-refractivity contribution is 7.99. The summed E-state index contributed by atoms with van der Waals surface area (Å²) in [5, 5.41) is 13.2. The number of carbonyl (C=O) groups excluding carboxylic acids is 1. The van der Waals surface area contributed by atoms with E-state index in [2.05, 4.69) is 55.9 Å². The van der Waals surface area contributed by atoms with Crippen molar-refractivity contribution in [3.63, 3.8) is 0 Å². The molecule has 0 radical (unpaired) electrons. The maximum Gasteiger partial charge on any atom is 0.329 e. The van der Waals surface area contributed by atoms with Crippen molar-refractivity contribution in [1.82, 2.24) is 4.72 Å². The van der Waals surface area contributed by atoms with Crippen molar-refractivity contribution in [2.75, 3.05) is 5.32 Å². The molecule has 0 spiro atoms. The number of nitrogens with one attached hydrogen (secondary N) is 2. The third kappa shape index (κ3) is 4.24. The molecular weight excluding hydrogens is 364 g/mol.